The fraction of sp³-hybridized carbons (Fsp3) is 0.348. The van der Waals surface area contributed by atoms with Crippen LogP contribution in [0.4, 0.5) is 24.5 Å². The number of nitrogen functional groups attached to an aromatic ring is 2. The van der Waals surface area contributed by atoms with E-state index in [1.807, 2.05) is 6.92 Å². The van der Waals surface area contributed by atoms with E-state index in [9.17, 15) is 17.7 Å². The van der Waals surface area contributed by atoms with Crippen molar-refractivity contribution in [1.29, 1.82) is 0 Å². The lowest BCUT2D eigenvalue weighted by molar-refractivity contribution is -0.274. The van der Waals surface area contributed by atoms with E-state index in [4.69, 9.17) is 11.5 Å². The number of para-hydroxylation sites is 1. The van der Waals surface area contributed by atoms with Gasteiger partial charge in [0.1, 0.15) is 12.8 Å². The van der Waals surface area contributed by atoms with E-state index < -0.39 is 19.3 Å². The summed E-state index contributed by atoms with van der Waals surface area (Å²) in [7, 11) is -2.82. The Morgan fingerprint density at radius 2 is 1.91 bits per heavy atom. The summed E-state index contributed by atoms with van der Waals surface area (Å²) in [6, 6.07) is 9.52. The first-order chi connectivity index (χ1) is 15.4. The molecule has 2 aromatic carbocycles. The van der Waals surface area contributed by atoms with Crippen LogP contribution in [0.25, 0.3) is 16.9 Å². The Hall–Kier alpha value is -2.93. The third-order valence-corrected chi connectivity index (χ3v) is 8.67. The van der Waals surface area contributed by atoms with Gasteiger partial charge < -0.3 is 20.8 Å². The van der Waals surface area contributed by atoms with Gasteiger partial charge in [-0.1, -0.05) is 19.1 Å². The summed E-state index contributed by atoms with van der Waals surface area (Å²) in [6.45, 7) is 5.10. The van der Waals surface area contributed by atoms with Crippen molar-refractivity contribution in [3.8, 4) is 22.7 Å². The number of anilines is 2. The normalized spacial score (nSPS) is 15.9. The fourth-order valence-corrected chi connectivity index (χ4v) is 5.10. The Morgan fingerprint density at radius 3 is 2.52 bits per heavy atom. The van der Waals surface area contributed by atoms with Crippen LogP contribution in [0.2, 0.25) is 0 Å². The Bertz CT molecular complexity index is 1270. The van der Waals surface area contributed by atoms with Gasteiger partial charge in [0.2, 0.25) is 0 Å². The minimum absolute atomic E-state index is 0.111. The third kappa shape index (κ3) is 4.47. The summed E-state index contributed by atoms with van der Waals surface area (Å²) in [5, 5.41) is 5.00. The highest BCUT2D eigenvalue weighted by molar-refractivity contribution is 7.70. The van der Waals surface area contributed by atoms with Crippen molar-refractivity contribution in [3.05, 3.63) is 47.7 Å². The Balaban J connectivity index is 1.94. The van der Waals surface area contributed by atoms with Gasteiger partial charge in [-0.15, -0.1) is 13.2 Å². The fourth-order valence-electron chi connectivity index (χ4n) is 3.96. The van der Waals surface area contributed by atoms with Gasteiger partial charge in [-0.2, -0.15) is 5.10 Å². The number of aromatic nitrogens is 2. The van der Waals surface area contributed by atoms with Crippen LogP contribution in [0, 0.1) is 6.92 Å². The maximum Gasteiger partial charge on any atom is 0.573 e. The molecule has 1 aromatic heterocycles. The molecule has 1 aliphatic rings. The van der Waals surface area contributed by atoms with E-state index in [0.717, 1.165) is 18.4 Å². The zero-order valence-corrected chi connectivity index (χ0v) is 19.5. The second-order valence-corrected chi connectivity index (χ2v) is 11.8. The quantitative estimate of drug-likeness (QED) is 0.364. The zero-order chi connectivity index (χ0) is 24.1. The predicted molar refractivity (Wildman–Crippen MR) is 125 cm³/mol. The molecule has 176 valence electrons. The van der Waals surface area contributed by atoms with Crippen molar-refractivity contribution >= 4 is 23.8 Å². The first-order valence-electron chi connectivity index (χ1n) is 10.6. The summed E-state index contributed by atoms with van der Waals surface area (Å²) in [6.07, 6.45) is -2.67. The summed E-state index contributed by atoms with van der Waals surface area (Å²) in [5.41, 5.74) is 16.0. The number of nitrogens with two attached hydrogens (primary N) is 2. The molecule has 0 spiro atoms. The highest BCUT2D eigenvalue weighted by Gasteiger charge is 2.36. The molecule has 6 nitrogen and oxygen atoms in total. The molecule has 0 aliphatic heterocycles. The van der Waals surface area contributed by atoms with Crippen LogP contribution < -0.4 is 21.5 Å². The van der Waals surface area contributed by atoms with E-state index in [0.29, 0.717) is 39.8 Å². The van der Waals surface area contributed by atoms with Gasteiger partial charge in [-0.05, 0) is 56.6 Å². The average Bonchev–Trinajstić information content (AvgIpc) is 3.52. The maximum atomic E-state index is 13.3. The number of nitrogens with zero attached hydrogens (tertiary/aromatic N) is 2. The standard InChI is InChI=1S/C23H26F3N4O2P/c1-4-33(3,31)15-10-11-18(19(12-15)32-23(24,25)26)30-13(2)20(14-8-9-14)22(29-30)16-6-5-7-17(27)21(16)28/h5-7,10-12,14H,4,8-9,27-28H2,1-3H3. The van der Waals surface area contributed by atoms with Gasteiger partial charge in [0.05, 0.1) is 17.1 Å². The van der Waals surface area contributed by atoms with Crippen molar-refractivity contribution in [2.75, 3.05) is 24.3 Å². The first-order valence-corrected chi connectivity index (χ1v) is 13.0. The molecule has 1 atom stereocenters. The molecule has 33 heavy (non-hydrogen) atoms. The number of alkyl halides is 3. The summed E-state index contributed by atoms with van der Waals surface area (Å²) >= 11 is 0. The molecule has 0 bridgehead atoms. The Labute approximate surface area is 190 Å². The Morgan fingerprint density at radius 1 is 1.21 bits per heavy atom. The lowest BCUT2D eigenvalue weighted by Gasteiger charge is -2.18. The van der Waals surface area contributed by atoms with Crippen molar-refractivity contribution in [2.24, 2.45) is 0 Å². The van der Waals surface area contributed by atoms with Crippen LogP contribution in [-0.4, -0.2) is 29.0 Å². The van der Waals surface area contributed by atoms with E-state index in [2.05, 4.69) is 9.84 Å². The first kappa shape index (κ1) is 23.2. The number of benzene rings is 2. The smallest absolute Gasteiger partial charge is 0.403 e. The molecular weight excluding hydrogens is 452 g/mol. The lowest BCUT2D eigenvalue weighted by atomic mass is 10.0. The molecule has 10 heteroatoms. The molecule has 4 N–H and O–H groups in total. The van der Waals surface area contributed by atoms with Gasteiger partial charge in [-0.3, -0.25) is 0 Å². The molecular formula is C23H26F3N4O2P. The van der Waals surface area contributed by atoms with Crippen LogP contribution in [0.3, 0.4) is 0 Å². The third-order valence-electron chi connectivity index (χ3n) is 6.09. The Kier molecular flexibility index (Phi) is 5.73. The van der Waals surface area contributed by atoms with Crippen molar-refractivity contribution in [2.45, 2.75) is 39.0 Å². The molecule has 0 saturated heterocycles. The molecule has 0 radical (unpaired) electrons. The van der Waals surface area contributed by atoms with Gasteiger partial charge in [0, 0.05) is 28.3 Å². The van der Waals surface area contributed by atoms with E-state index in [1.165, 1.54) is 16.8 Å². The average molecular weight is 478 g/mol. The molecule has 1 aliphatic carbocycles. The van der Waals surface area contributed by atoms with Crippen molar-refractivity contribution in [3.63, 3.8) is 0 Å². The van der Waals surface area contributed by atoms with Crippen molar-refractivity contribution < 1.29 is 22.5 Å². The van der Waals surface area contributed by atoms with Crippen molar-refractivity contribution in [1.82, 2.24) is 9.78 Å². The van der Waals surface area contributed by atoms with Gasteiger partial charge in [0.25, 0.3) is 0 Å². The molecule has 1 unspecified atom stereocenters. The minimum Gasteiger partial charge on any atom is -0.403 e. The van der Waals surface area contributed by atoms with E-state index in [1.54, 1.807) is 37.9 Å². The zero-order valence-electron chi connectivity index (χ0n) is 18.6. The molecule has 3 aromatic rings. The highest BCUT2D eigenvalue weighted by atomic mass is 31.2. The van der Waals surface area contributed by atoms with Crippen LogP contribution in [-0.2, 0) is 4.57 Å². The SMILES string of the molecule is CCP(C)(=O)c1ccc(-n2nc(-c3cccc(N)c3N)c(C3CC3)c2C)c(OC(F)(F)F)c1. The minimum atomic E-state index is -4.92. The number of halogens is 3. The number of hydrogen-bond donors (Lipinski definition) is 2. The maximum absolute atomic E-state index is 13.3. The van der Waals surface area contributed by atoms with Crippen LogP contribution >= 0.6 is 7.14 Å². The molecule has 4 rings (SSSR count). The molecule has 0 amide bonds. The van der Waals surface area contributed by atoms with Gasteiger partial charge in [0.15, 0.2) is 5.75 Å². The second kappa shape index (κ2) is 8.13. The predicted octanol–water partition coefficient (Wildman–Crippen LogP) is 5.43. The topological polar surface area (TPSA) is 96.2 Å². The van der Waals surface area contributed by atoms with E-state index in [-0.39, 0.29) is 11.6 Å². The van der Waals surface area contributed by atoms with Gasteiger partial charge in [-0.25, -0.2) is 4.68 Å². The monoisotopic (exact) mass is 478 g/mol. The molecule has 1 heterocycles. The van der Waals surface area contributed by atoms with Crippen LogP contribution in [0.15, 0.2) is 36.4 Å². The van der Waals surface area contributed by atoms with Crippen LogP contribution in [0.5, 0.6) is 5.75 Å². The molecule has 1 fully saturated rings. The summed E-state index contributed by atoms with van der Waals surface area (Å²) in [5.74, 6) is -0.202. The van der Waals surface area contributed by atoms with Gasteiger partial charge >= 0.3 is 6.36 Å². The summed E-state index contributed by atoms with van der Waals surface area (Å²) < 4.78 is 58.5. The number of hydrogen-bond acceptors (Lipinski definition) is 5. The highest BCUT2D eigenvalue weighted by Crippen LogP contribution is 2.48. The summed E-state index contributed by atoms with van der Waals surface area (Å²) in [4.78, 5) is 0. The van der Waals surface area contributed by atoms with E-state index >= 15 is 0 Å². The lowest BCUT2D eigenvalue weighted by Crippen LogP contribution is -2.20. The second-order valence-electron chi connectivity index (χ2n) is 8.46. The molecule has 1 saturated carbocycles. The largest absolute Gasteiger partial charge is 0.573 e. The number of rotatable bonds is 6. The number of ether oxygens (including phenoxy) is 1. The van der Waals surface area contributed by atoms with Crippen LogP contribution in [0.1, 0.15) is 36.9 Å².